The zero-order valence-electron chi connectivity index (χ0n) is 7.45. The number of hydrogen-bond acceptors (Lipinski definition) is 3. The SMILES string of the molecule is CC(NN)c1csc2ccccc12. The van der Waals surface area contributed by atoms with Crippen LogP contribution in [0.3, 0.4) is 0 Å². The summed E-state index contributed by atoms with van der Waals surface area (Å²) in [5.74, 6) is 5.41. The van der Waals surface area contributed by atoms with Crippen LogP contribution in [0.4, 0.5) is 0 Å². The van der Waals surface area contributed by atoms with E-state index in [0.717, 1.165) is 0 Å². The molecule has 0 bridgehead atoms. The lowest BCUT2D eigenvalue weighted by molar-refractivity contribution is 0.608. The summed E-state index contributed by atoms with van der Waals surface area (Å²) in [6.45, 7) is 2.06. The first-order valence-corrected chi connectivity index (χ1v) is 5.13. The van der Waals surface area contributed by atoms with Gasteiger partial charge in [-0.3, -0.25) is 11.3 Å². The van der Waals surface area contributed by atoms with Crippen molar-refractivity contribution in [1.29, 1.82) is 0 Å². The predicted octanol–water partition coefficient (Wildman–Crippen LogP) is 2.43. The molecule has 68 valence electrons. The van der Waals surface area contributed by atoms with Crippen LogP contribution in [-0.4, -0.2) is 0 Å². The largest absolute Gasteiger partial charge is 0.271 e. The van der Waals surface area contributed by atoms with E-state index in [0.29, 0.717) is 0 Å². The average Bonchev–Trinajstić information content (AvgIpc) is 2.60. The van der Waals surface area contributed by atoms with Crippen molar-refractivity contribution >= 4 is 21.4 Å². The second-order valence-electron chi connectivity index (χ2n) is 3.08. The van der Waals surface area contributed by atoms with Crippen molar-refractivity contribution in [3.63, 3.8) is 0 Å². The second-order valence-corrected chi connectivity index (χ2v) is 3.99. The Bertz CT molecular complexity index is 408. The molecular formula is C10H12N2S. The summed E-state index contributed by atoms with van der Waals surface area (Å²) < 4.78 is 1.32. The number of benzene rings is 1. The van der Waals surface area contributed by atoms with E-state index in [4.69, 9.17) is 5.84 Å². The first-order chi connectivity index (χ1) is 6.33. The number of rotatable bonds is 2. The van der Waals surface area contributed by atoms with Gasteiger partial charge in [0.25, 0.3) is 0 Å². The summed E-state index contributed by atoms with van der Waals surface area (Å²) in [7, 11) is 0. The van der Waals surface area contributed by atoms with Crippen LogP contribution >= 0.6 is 11.3 Å². The van der Waals surface area contributed by atoms with Crippen LogP contribution in [0.25, 0.3) is 10.1 Å². The Balaban J connectivity index is 2.57. The molecule has 0 fully saturated rings. The Hall–Kier alpha value is -0.900. The fourth-order valence-corrected chi connectivity index (χ4v) is 2.48. The molecular weight excluding hydrogens is 180 g/mol. The summed E-state index contributed by atoms with van der Waals surface area (Å²) in [4.78, 5) is 0. The number of hydrogen-bond donors (Lipinski definition) is 2. The summed E-state index contributed by atoms with van der Waals surface area (Å²) in [6, 6.07) is 8.60. The summed E-state index contributed by atoms with van der Waals surface area (Å²) >= 11 is 1.76. The second kappa shape index (κ2) is 3.46. The van der Waals surface area contributed by atoms with E-state index in [1.54, 1.807) is 11.3 Å². The molecule has 1 aromatic heterocycles. The highest BCUT2D eigenvalue weighted by Crippen LogP contribution is 2.29. The maximum Gasteiger partial charge on any atom is 0.0446 e. The third-order valence-electron chi connectivity index (χ3n) is 2.23. The van der Waals surface area contributed by atoms with Gasteiger partial charge in [0.05, 0.1) is 0 Å². The van der Waals surface area contributed by atoms with E-state index >= 15 is 0 Å². The van der Waals surface area contributed by atoms with Crippen molar-refractivity contribution in [1.82, 2.24) is 5.43 Å². The van der Waals surface area contributed by atoms with Crippen LogP contribution in [0.5, 0.6) is 0 Å². The number of fused-ring (bicyclic) bond motifs is 1. The Labute approximate surface area is 81.3 Å². The Kier molecular flexibility index (Phi) is 2.31. The molecule has 1 unspecified atom stereocenters. The summed E-state index contributed by atoms with van der Waals surface area (Å²) in [5, 5.41) is 3.47. The van der Waals surface area contributed by atoms with Crippen LogP contribution in [0.1, 0.15) is 18.5 Å². The van der Waals surface area contributed by atoms with Gasteiger partial charge in [-0.2, -0.15) is 0 Å². The molecule has 0 amide bonds. The van der Waals surface area contributed by atoms with Crippen molar-refractivity contribution in [3.05, 3.63) is 35.2 Å². The lowest BCUT2D eigenvalue weighted by atomic mass is 10.1. The normalized spacial score (nSPS) is 13.4. The first kappa shape index (κ1) is 8.69. The van der Waals surface area contributed by atoms with Crippen LogP contribution in [0.2, 0.25) is 0 Å². The molecule has 1 heterocycles. The molecule has 0 saturated carbocycles. The van der Waals surface area contributed by atoms with Crippen LogP contribution < -0.4 is 11.3 Å². The quantitative estimate of drug-likeness (QED) is 0.566. The zero-order chi connectivity index (χ0) is 9.26. The summed E-state index contributed by atoms with van der Waals surface area (Å²) in [5.41, 5.74) is 4.05. The number of thiophene rings is 1. The first-order valence-electron chi connectivity index (χ1n) is 4.25. The minimum Gasteiger partial charge on any atom is -0.271 e. The van der Waals surface area contributed by atoms with E-state index in [9.17, 15) is 0 Å². The average molecular weight is 192 g/mol. The Morgan fingerprint density at radius 3 is 2.92 bits per heavy atom. The minimum atomic E-state index is 0.219. The van der Waals surface area contributed by atoms with E-state index < -0.39 is 0 Å². The fraction of sp³-hybridized carbons (Fsp3) is 0.200. The van der Waals surface area contributed by atoms with Gasteiger partial charge in [-0.1, -0.05) is 18.2 Å². The molecule has 1 aromatic carbocycles. The van der Waals surface area contributed by atoms with Crippen molar-refractivity contribution in [2.75, 3.05) is 0 Å². The molecule has 3 N–H and O–H groups in total. The van der Waals surface area contributed by atoms with E-state index in [1.165, 1.54) is 15.6 Å². The molecule has 13 heavy (non-hydrogen) atoms. The molecule has 0 saturated heterocycles. The summed E-state index contributed by atoms with van der Waals surface area (Å²) in [6.07, 6.45) is 0. The van der Waals surface area contributed by atoms with Crippen LogP contribution in [0.15, 0.2) is 29.6 Å². The molecule has 2 rings (SSSR count). The smallest absolute Gasteiger partial charge is 0.0446 e. The van der Waals surface area contributed by atoms with Gasteiger partial charge in [0.2, 0.25) is 0 Å². The minimum absolute atomic E-state index is 0.219. The maximum absolute atomic E-state index is 5.41. The third kappa shape index (κ3) is 1.46. The lowest BCUT2D eigenvalue weighted by Crippen LogP contribution is -2.25. The molecule has 0 aliphatic heterocycles. The topological polar surface area (TPSA) is 38.0 Å². The highest BCUT2D eigenvalue weighted by atomic mass is 32.1. The highest BCUT2D eigenvalue weighted by molar-refractivity contribution is 7.17. The molecule has 3 heteroatoms. The Morgan fingerprint density at radius 1 is 1.38 bits per heavy atom. The molecule has 2 aromatic rings. The van der Waals surface area contributed by atoms with Gasteiger partial charge in [0.1, 0.15) is 0 Å². The standard InChI is InChI=1S/C10H12N2S/c1-7(12-11)9-6-13-10-5-3-2-4-8(9)10/h2-7,12H,11H2,1H3. The molecule has 0 radical (unpaired) electrons. The van der Waals surface area contributed by atoms with Gasteiger partial charge in [-0.05, 0) is 29.3 Å². The highest BCUT2D eigenvalue weighted by Gasteiger charge is 2.08. The van der Waals surface area contributed by atoms with Crippen molar-refractivity contribution in [2.45, 2.75) is 13.0 Å². The lowest BCUT2D eigenvalue weighted by Gasteiger charge is -2.07. The number of nitrogens with two attached hydrogens (primary N) is 1. The predicted molar refractivity (Wildman–Crippen MR) is 57.6 cm³/mol. The zero-order valence-corrected chi connectivity index (χ0v) is 8.27. The van der Waals surface area contributed by atoms with Crippen molar-refractivity contribution in [3.8, 4) is 0 Å². The van der Waals surface area contributed by atoms with Gasteiger partial charge in [-0.25, -0.2) is 0 Å². The molecule has 1 atom stereocenters. The van der Waals surface area contributed by atoms with Gasteiger partial charge >= 0.3 is 0 Å². The number of hydrazine groups is 1. The van der Waals surface area contributed by atoms with E-state index in [1.807, 2.05) is 0 Å². The van der Waals surface area contributed by atoms with E-state index in [-0.39, 0.29) is 6.04 Å². The Morgan fingerprint density at radius 2 is 2.15 bits per heavy atom. The molecule has 0 aliphatic carbocycles. The molecule has 0 aliphatic rings. The maximum atomic E-state index is 5.41. The van der Waals surface area contributed by atoms with Crippen molar-refractivity contribution < 1.29 is 0 Å². The van der Waals surface area contributed by atoms with Gasteiger partial charge in [-0.15, -0.1) is 11.3 Å². The molecule has 2 nitrogen and oxygen atoms in total. The van der Waals surface area contributed by atoms with Gasteiger partial charge in [0, 0.05) is 10.7 Å². The van der Waals surface area contributed by atoms with Crippen LogP contribution in [-0.2, 0) is 0 Å². The van der Waals surface area contributed by atoms with Gasteiger partial charge in [0.15, 0.2) is 0 Å². The number of nitrogens with one attached hydrogen (secondary N) is 1. The van der Waals surface area contributed by atoms with Crippen molar-refractivity contribution in [2.24, 2.45) is 5.84 Å². The van der Waals surface area contributed by atoms with Crippen LogP contribution in [0, 0.1) is 0 Å². The monoisotopic (exact) mass is 192 g/mol. The van der Waals surface area contributed by atoms with E-state index in [2.05, 4.69) is 42.0 Å². The fourth-order valence-electron chi connectivity index (χ4n) is 1.42. The third-order valence-corrected chi connectivity index (χ3v) is 3.21. The van der Waals surface area contributed by atoms with Gasteiger partial charge < -0.3 is 0 Å². The molecule has 0 spiro atoms.